The minimum atomic E-state index is -0.748. The largest absolute Gasteiger partial charge is 0.460 e. The van der Waals surface area contributed by atoms with Crippen LogP contribution in [0.1, 0.15) is 39.0 Å². The van der Waals surface area contributed by atoms with Gasteiger partial charge in [-0.3, -0.25) is 24.2 Å². The fraction of sp³-hybridized carbons (Fsp3) is 0.750. The van der Waals surface area contributed by atoms with Crippen molar-refractivity contribution in [1.29, 1.82) is 0 Å². The van der Waals surface area contributed by atoms with Gasteiger partial charge in [0.05, 0.1) is 18.5 Å². The average Bonchev–Trinajstić information content (AvgIpc) is 2.84. The van der Waals surface area contributed by atoms with E-state index < -0.39 is 24.2 Å². The molecule has 3 aliphatic rings. The summed E-state index contributed by atoms with van der Waals surface area (Å²) in [5.41, 5.74) is 0. The van der Waals surface area contributed by atoms with E-state index in [2.05, 4.69) is 10.6 Å². The van der Waals surface area contributed by atoms with Gasteiger partial charge in [-0.05, 0) is 33.2 Å². The second-order valence-corrected chi connectivity index (χ2v) is 6.75. The van der Waals surface area contributed by atoms with Crippen LogP contribution in [0.3, 0.4) is 0 Å². The number of hydrogen-bond acceptors (Lipinski definition) is 6. The van der Waals surface area contributed by atoms with Crippen molar-refractivity contribution in [1.82, 2.24) is 20.7 Å². The minimum Gasteiger partial charge on any atom is -0.460 e. The summed E-state index contributed by atoms with van der Waals surface area (Å²) in [6.07, 6.45) is 1.53. The van der Waals surface area contributed by atoms with Gasteiger partial charge in [0.15, 0.2) is 0 Å². The third-order valence-corrected chi connectivity index (χ3v) is 5.11. The molecular weight excluding hydrogens is 328 g/mol. The molecule has 1 unspecified atom stereocenters. The van der Waals surface area contributed by atoms with Gasteiger partial charge in [0.25, 0.3) is 5.91 Å². The van der Waals surface area contributed by atoms with Crippen molar-refractivity contribution in [2.45, 2.75) is 63.3 Å². The van der Waals surface area contributed by atoms with E-state index >= 15 is 0 Å². The molecule has 4 atom stereocenters. The molecule has 0 bridgehead atoms. The van der Waals surface area contributed by atoms with E-state index in [0.29, 0.717) is 25.8 Å². The Hall–Kier alpha value is -2.16. The molecule has 9 heteroatoms. The quantitative estimate of drug-likeness (QED) is 0.626. The molecule has 3 saturated heterocycles. The lowest BCUT2D eigenvalue weighted by molar-refractivity contribution is -0.176. The molecule has 0 spiro atoms. The summed E-state index contributed by atoms with van der Waals surface area (Å²) in [5.74, 6) is -1.10. The Morgan fingerprint density at radius 1 is 1.24 bits per heavy atom. The Balaban J connectivity index is 1.79. The van der Waals surface area contributed by atoms with E-state index in [0.717, 1.165) is 0 Å². The summed E-state index contributed by atoms with van der Waals surface area (Å²) in [6, 6.07) is -1.65. The van der Waals surface area contributed by atoms with Crippen LogP contribution in [0.5, 0.6) is 0 Å². The van der Waals surface area contributed by atoms with Gasteiger partial charge in [0.1, 0.15) is 12.1 Å². The first-order valence-corrected chi connectivity index (χ1v) is 8.73. The molecule has 0 aromatic rings. The van der Waals surface area contributed by atoms with E-state index in [4.69, 9.17) is 4.74 Å². The van der Waals surface area contributed by atoms with Gasteiger partial charge in [-0.1, -0.05) is 0 Å². The number of cyclic esters (lactones) is 1. The highest BCUT2D eigenvalue weighted by Gasteiger charge is 2.45. The summed E-state index contributed by atoms with van der Waals surface area (Å²) in [4.78, 5) is 49.4. The van der Waals surface area contributed by atoms with Crippen LogP contribution in [0.4, 0.5) is 0 Å². The molecule has 3 amide bonds. The molecule has 0 saturated carbocycles. The Labute approximate surface area is 146 Å². The standard InChI is InChI=1S/C16H24N4O5/c1-9-11(8-14(22)25-9)18-15(23)12-4-3-7-19-13(21)6-5-10(17-2)16(24)20(12)19/h9-12,17H,3-8H2,1-2H3,(H,18,23)/t9?,10-,11-,12-/m0/s1. The molecule has 3 rings (SSSR count). The van der Waals surface area contributed by atoms with E-state index in [-0.39, 0.29) is 36.5 Å². The van der Waals surface area contributed by atoms with Crippen molar-refractivity contribution in [3.05, 3.63) is 0 Å². The zero-order chi connectivity index (χ0) is 18.1. The Morgan fingerprint density at radius 2 is 2.00 bits per heavy atom. The predicted molar refractivity (Wildman–Crippen MR) is 85.8 cm³/mol. The van der Waals surface area contributed by atoms with E-state index in [1.165, 1.54) is 10.0 Å². The number of hydrogen-bond donors (Lipinski definition) is 2. The van der Waals surface area contributed by atoms with Gasteiger partial charge in [0, 0.05) is 13.0 Å². The Bertz CT molecular complexity index is 595. The van der Waals surface area contributed by atoms with Crippen molar-refractivity contribution < 1.29 is 23.9 Å². The average molecular weight is 352 g/mol. The van der Waals surface area contributed by atoms with Gasteiger partial charge in [-0.15, -0.1) is 0 Å². The highest BCUT2D eigenvalue weighted by molar-refractivity contribution is 5.93. The number of amides is 3. The molecule has 9 nitrogen and oxygen atoms in total. The zero-order valence-electron chi connectivity index (χ0n) is 14.5. The first-order valence-electron chi connectivity index (χ1n) is 8.73. The number of ether oxygens (including phenoxy) is 1. The third-order valence-electron chi connectivity index (χ3n) is 5.11. The highest BCUT2D eigenvalue weighted by atomic mass is 16.6. The predicted octanol–water partition coefficient (Wildman–Crippen LogP) is -1.08. The maximum absolute atomic E-state index is 12.8. The zero-order valence-corrected chi connectivity index (χ0v) is 14.5. The first-order chi connectivity index (χ1) is 11.9. The van der Waals surface area contributed by atoms with Gasteiger partial charge >= 0.3 is 5.97 Å². The maximum Gasteiger partial charge on any atom is 0.308 e. The molecule has 3 aliphatic heterocycles. The monoisotopic (exact) mass is 352 g/mol. The summed E-state index contributed by atoms with van der Waals surface area (Å²) in [5, 5.41) is 8.47. The van der Waals surface area contributed by atoms with E-state index in [1.54, 1.807) is 14.0 Å². The molecule has 138 valence electrons. The summed E-state index contributed by atoms with van der Waals surface area (Å²) in [7, 11) is 1.67. The minimum absolute atomic E-state index is 0.120. The summed E-state index contributed by atoms with van der Waals surface area (Å²) < 4.78 is 5.05. The van der Waals surface area contributed by atoms with Crippen LogP contribution in [-0.4, -0.2) is 71.5 Å². The topological polar surface area (TPSA) is 108 Å². The smallest absolute Gasteiger partial charge is 0.308 e. The maximum atomic E-state index is 12.8. The number of fused-ring (bicyclic) bond motifs is 1. The van der Waals surface area contributed by atoms with Gasteiger partial charge in [0.2, 0.25) is 11.8 Å². The Kier molecular flexibility index (Phi) is 4.94. The lowest BCUT2D eigenvalue weighted by Crippen LogP contribution is -2.64. The Morgan fingerprint density at radius 3 is 2.64 bits per heavy atom. The van der Waals surface area contributed by atoms with Crippen LogP contribution in [0.25, 0.3) is 0 Å². The molecule has 3 fully saturated rings. The van der Waals surface area contributed by atoms with Crippen LogP contribution in [0.2, 0.25) is 0 Å². The van der Waals surface area contributed by atoms with Gasteiger partial charge in [-0.2, -0.15) is 0 Å². The fourth-order valence-electron chi connectivity index (χ4n) is 3.67. The molecule has 2 N–H and O–H groups in total. The second-order valence-electron chi connectivity index (χ2n) is 6.75. The normalized spacial score (nSPS) is 33.0. The summed E-state index contributed by atoms with van der Waals surface area (Å²) >= 11 is 0. The molecule has 3 heterocycles. The number of hydrazine groups is 1. The SMILES string of the molecule is CN[C@H]1CCC(=O)N2CCC[C@@H](C(=O)N[C@H]3CC(=O)OC3C)N2C1=O. The lowest BCUT2D eigenvalue weighted by atomic mass is 10.0. The van der Waals surface area contributed by atoms with Gasteiger partial charge < -0.3 is 15.4 Å². The molecule has 0 aromatic heterocycles. The van der Waals surface area contributed by atoms with Crippen molar-refractivity contribution >= 4 is 23.7 Å². The fourth-order valence-corrected chi connectivity index (χ4v) is 3.67. The molecular formula is C16H24N4O5. The highest BCUT2D eigenvalue weighted by Crippen LogP contribution is 2.25. The summed E-state index contributed by atoms with van der Waals surface area (Å²) in [6.45, 7) is 2.16. The number of rotatable bonds is 3. The molecule has 0 radical (unpaired) electrons. The number of esters is 1. The van der Waals surface area contributed by atoms with Crippen LogP contribution in [-0.2, 0) is 23.9 Å². The number of likely N-dealkylation sites (N-methyl/N-ethyl adjacent to an activating group) is 1. The number of carbonyl (C=O) groups excluding carboxylic acids is 4. The molecule has 0 aromatic carbocycles. The van der Waals surface area contributed by atoms with Crippen LogP contribution >= 0.6 is 0 Å². The first kappa shape index (κ1) is 17.7. The second kappa shape index (κ2) is 6.99. The van der Waals surface area contributed by atoms with E-state index in [1.807, 2.05) is 0 Å². The van der Waals surface area contributed by atoms with Gasteiger partial charge in [-0.25, -0.2) is 5.01 Å². The van der Waals surface area contributed by atoms with Crippen LogP contribution < -0.4 is 10.6 Å². The number of nitrogens with zero attached hydrogens (tertiary/aromatic N) is 2. The van der Waals surface area contributed by atoms with Crippen molar-refractivity contribution in [3.63, 3.8) is 0 Å². The third kappa shape index (κ3) is 3.33. The number of nitrogens with one attached hydrogen (secondary N) is 2. The molecule has 0 aliphatic carbocycles. The lowest BCUT2D eigenvalue weighted by Gasteiger charge is -2.43. The van der Waals surface area contributed by atoms with Crippen molar-refractivity contribution in [2.24, 2.45) is 0 Å². The van der Waals surface area contributed by atoms with Crippen LogP contribution in [0, 0.1) is 0 Å². The van der Waals surface area contributed by atoms with Crippen molar-refractivity contribution in [2.75, 3.05) is 13.6 Å². The van der Waals surface area contributed by atoms with Crippen molar-refractivity contribution in [3.8, 4) is 0 Å². The molecule has 25 heavy (non-hydrogen) atoms. The van der Waals surface area contributed by atoms with Crippen LogP contribution in [0.15, 0.2) is 0 Å². The van der Waals surface area contributed by atoms with E-state index in [9.17, 15) is 19.2 Å². The number of carbonyl (C=O) groups is 4.